The molecule has 0 bridgehead atoms. The summed E-state index contributed by atoms with van der Waals surface area (Å²) in [6.45, 7) is 2.32. The second kappa shape index (κ2) is 4.30. The molecule has 1 aliphatic carbocycles. The molecule has 1 saturated carbocycles. The first-order valence-corrected chi connectivity index (χ1v) is 5.92. The third-order valence-corrected chi connectivity index (χ3v) is 3.45. The normalized spacial score (nSPS) is 26.4. The van der Waals surface area contributed by atoms with Crippen LogP contribution in [0.3, 0.4) is 0 Å². The second-order valence-corrected chi connectivity index (χ2v) is 4.85. The van der Waals surface area contributed by atoms with Crippen LogP contribution in [0.25, 0.3) is 0 Å². The lowest BCUT2D eigenvalue weighted by atomic mass is 10.1. The van der Waals surface area contributed by atoms with Gasteiger partial charge in [-0.15, -0.1) is 0 Å². The Bertz CT molecular complexity index is 314. The van der Waals surface area contributed by atoms with Crippen LogP contribution >= 0.6 is 15.9 Å². The quantitative estimate of drug-likeness (QED) is 0.819. The smallest absolute Gasteiger partial charge is 0.129 e. The van der Waals surface area contributed by atoms with Crippen LogP contribution in [0.15, 0.2) is 22.9 Å². The molecule has 1 aromatic rings. The Balaban J connectivity index is 2.01. The summed E-state index contributed by atoms with van der Waals surface area (Å²) < 4.78 is 0.916. The Labute approximate surface area is 93.3 Å². The SMILES string of the molecule is CC1CCC(Nc2cccnc2Br)C1. The van der Waals surface area contributed by atoms with Gasteiger partial charge in [0, 0.05) is 12.2 Å². The molecule has 14 heavy (non-hydrogen) atoms. The molecular formula is C11H15BrN2. The van der Waals surface area contributed by atoms with E-state index in [0.717, 1.165) is 16.2 Å². The molecule has 1 heterocycles. The average Bonchev–Trinajstić information content (AvgIpc) is 2.56. The fraction of sp³-hybridized carbons (Fsp3) is 0.545. The van der Waals surface area contributed by atoms with E-state index in [1.165, 1.54) is 19.3 Å². The van der Waals surface area contributed by atoms with Gasteiger partial charge in [0.05, 0.1) is 5.69 Å². The van der Waals surface area contributed by atoms with Gasteiger partial charge in [-0.2, -0.15) is 0 Å². The van der Waals surface area contributed by atoms with Gasteiger partial charge in [0.15, 0.2) is 0 Å². The molecule has 0 amide bonds. The van der Waals surface area contributed by atoms with Crippen LogP contribution in [0.5, 0.6) is 0 Å². The lowest BCUT2D eigenvalue weighted by molar-refractivity contribution is 0.602. The number of nitrogens with zero attached hydrogens (tertiary/aromatic N) is 1. The van der Waals surface area contributed by atoms with Gasteiger partial charge in [-0.25, -0.2) is 4.98 Å². The number of pyridine rings is 1. The van der Waals surface area contributed by atoms with Gasteiger partial charge in [0.1, 0.15) is 4.60 Å². The van der Waals surface area contributed by atoms with Crippen LogP contribution < -0.4 is 5.32 Å². The summed E-state index contributed by atoms with van der Waals surface area (Å²) in [5.41, 5.74) is 1.12. The van der Waals surface area contributed by atoms with Gasteiger partial charge in [-0.1, -0.05) is 6.92 Å². The largest absolute Gasteiger partial charge is 0.380 e. The van der Waals surface area contributed by atoms with E-state index in [-0.39, 0.29) is 0 Å². The van der Waals surface area contributed by atoms with Crippen molar-refractivity contribution in [1.29, 1.82) is 0 Å². The maximum absolute atomic E-state index is 4.19. The van der Waals surface area contributed by atoms with Crippen LogP contribution in [0.2, 0.25) is 0 Å². The molecule has 2 unspecified atom stereocenters. The average molecular weight is 255 g/mol. The highest BCUT2D eigenvalue weighted by molar-refractivity contribution is 9.10. The van der Waals surface area contributed by atoms with Gasteiger partial charge >= 0.3 is 0 Å². The first-order chi connectivity index (χ1) is 6.75. The van der Waals surface area contributed by atoms with Crippen molar-refractivity contribution < 1.29 is 0 Å². The van der Waals surface area contributed by atoms with Crippen LogP contribution in [0, 0.1) is 5.92 Å². The molecule has 76 valence electrons. The topological polar surface area (TPSA) is 24.9 Å². The van der Waals surface area contributed by atoms with E-state index in [1.807, 2.05) is 6.07 Å². The Morgan fingerprint density at radius 1 is 1.50 bits per heavy atom. The predicted molar refractivity (Wildman–Crippen MR) is 62.4 cm³/mol. The van der Waals surface area contributed by atoms with E-state index < -0.39 is 0 Å². The zero-order valence-electron chi connectivity index (χ0n) is 8.33. The van der Waals surface area contributed by atoms with Crippen molar-refractivity contribution in [2.75, 3.05) is 5.32 Å². The number of aromatic nitrogens is 1. The van der Waals surface area contributed by atoms with Crippen LogP contribution in [0.1, 0.15) is 26.2 Å². The fourth-order valence-electron chi connectivity index (χ4n) is 2.05. The van der Waals surface area contributed by atoms with E-state index in [0.29, 0.717) is 6.04 Å². The second-order valence-electron chi connectivity index (χ2n) is 4.10. The number of halogens is 1. The Morgan fingerprint density at radius 3 is 3.00 bits per heavy atom. The van der Waals surface area contributed by atoms with E-state index in [1.54, 1.807) is 6.20 Å². The van der Waals surface area contributed by atoms with Gasteiger partial charge in [-0.3, -0.25) is 0 Å². The molecule has 1 aliphatic rings. The van der Waals surface area contributed by atoms with Crippen molar-refractivity contribution >= 4 is 21.6 Å². The van der Waals surface area contributed by atoms with E-state index >= 15 is 0 Å². The zero-order valence-corrected chi connectivity index (χ0v) is 9.92. The van der Waals surface area contributed by atoms with Crippen LogP contribution in [0.4, 0.5) is 5.69 Å². The van der Waals surface area contributed by atoms with E-state index in [4.69, 9.17) is 0 Å². The number of anilines is 1. The first kappa shape index (κ1) is 9.97. The summed E-state index contributed by atoms with van der Waals surface area (Å²) in [7, 11) is 0. The molecule has 1 fully saturated rings. The highest BCUT2D eigenvalue weighted by Crippen LogP contribution is 2.29. The third kappa shape index (κ3) is 2.27. The molecule has 2 nitrogen and oxygen atoms in total. The summed E-state index contributed by atoms with van der Waals surface area (Å²) in [5.74, 6) is 0.864. The molecule has 2 rings (SSSR count). The number of rotatable bonds is 2. The Hall–Kier alpha value is -0.570. The molecule has 0 aliphatic heterocycles. The van der Waals surface area contributed by atoms with Gasteiger partial charge in [0.2, 0.25) is 0 Å². The highest BCUT2D eigenvalue weighted by atomic mass is 79.9. The lowest BCUT2D eigenvalue weighted by Gasteiger charge is -2.14. The molecule has 3 heteroatoms. The van der Waals surface area contributed by atoms with Crippen molar-refractivity contribution in [3.05, 3.63) is 22.9 Å². The zero-order chi connectivity index (χ0) is 9.97. The van der Waals surface area contributed by atoms with Crippen molar-refractivity contribution in [3.8, 4) is 0 Å². The standard InChI is InChI=1S/C11H15BrN2/c1-8-4-5-9(7-8)14-10-3-2-6-13-11(10)12/h2-3,6,8-9,14H,4-5,7H2,1H3. The first-order valence-electron chi connectivity index (χ1n) is 5.13. The maximum Gasteiger partial charge on any atom is 0.129 e. The third-order valence-electron chi connectivity index (χ3n) is 2.81. The molecule has 2 atom stereocenters. The van der Waals surface area contributed by atoms with E-state index in [9.17, 15) is 0 Å². The van der Waals surface area contributed by atoms with E-state index in [2.05, 4.69) is 39.2 Å². The summed E-state index contributed by atoms with van der Waals surface area (Å²) in [4.78, 5) is 4.19. The van der Waals surface area contributed by atoms with Gasteiger partial charge in [-0.05, 0) is 53.2 Å². The van der Waals surface area contributed by atoms with Crippen molar-refractivity contribution in [1.82, 2.24) is 4.98 Å². The summed E-state index contributed by atoms with van der Waals surface area (Å²) in [6.07, 6.45) is 5.70. The minimum Gasteiger partial charge on any atom is -0.380 e. The molecule has 0 saturated heterocycles. The molecule has 0 radical (unpaired) electrons. The van der Waals surface area contributed by atoms with Gasteiger partial charge in [0.25, 0.3) is 0 Å². The lowest BCUT2D eigenvalue weighted by Crippen LogP contribution is -2.15. The molecule has 1 N–H and O–H groups in total. The number of hydrogen-bond donors (Lipinski definition) is 1. The highest BCUT2D eigenvalue weighted by Gasteiger charge is 2.21. The Kier molecular flexibility index (Phi) is 3.06. The Morgan fingerprint density at radius 2 is 2.36 bits per heavy atom. The summed E-state index contributed by atoms with van der Waals surface area (Å²) in [6, 6.07) is 4.66. The summed E-state index contributed by atoms with van der Waals surface area (Å²) in [5, 5.41) is 3.53. The number of hydrogen-bond acceptors (Lipinski definition) is 2. The summed E-state index contributed by atoms with van der Waals surface area (Å²) >= 11 is 3.45. The molecule has 0 aromatic carbocycles. The molecule has 1 aromatic heterocycles. The minimum atomic E-state index is 0.630. The monoisotopic (exact) mass is 254 g/mol. The molecule has 0 spiro atoms. The fourth-order valence-corrected chi connectivity index (χ4v) is 2.42. The van der Waals surface area contributed by atoms with Crippen molar-refractivity contribution in [3.63, 3.8) is 0 Å². The molecular weight excluding hydrogens is 240 g/mol. The minimum absolute atomic E-state index is 0.630. The van der Waals surface area contributed by atoms with Crippen LogP contribution in [-0.4, -0.2) is 11.0 Å². The van der Waals surface area contributed by atoms with Crippen LogP contribution in [-0.2, 0) is 0 Å². The maximum atomic E-state index is 4.19. The van der Waals surface area contributed by atoms with Crippen molar-refractivity contribution in [2.24, 2.45) is 5.92 Å². The number of nitrogens with one attached hydrogen (secondary N) is 1. The van der Waals surface area contributed by atoms with Crippen molar-refractivity contribution in [2.45, 2.75) is 32.2 Å². The predicted octanol–water partition coefficient (Wildman–Crippen LogP) is 3.44. The van der Waals surface area contributed by atoms with Gasteiger partial charge < -0.3 is 5.32 Å².